The lowest BCUT2D eigenvalue weighted by Gasteiger charge is -2.22. The lowest BCUT2D eigenvalue weighted by atomic mass is 10.4. The van der Waals surface area contributed by atoms with Crippen LogP contribution >= 0.6 is 7.37 Å². The van der Waals surface area contributed by atoms with Crippen LogP contribution in [0, 0.1) is 5.92 Å². The Morgan fingerprint density at radius 1 is 1.83 bits per heavy atom. The zero-order valence-corrected chi connectivity index (χ0v) is 8.42. The Hall–Kier alpha value is -0.110. The number of rotatable bonds is 3. The van der Waals surface area contributed by atoms with Gasteiger partial charge in [-0.05, 0) is 6.42 Å². The van der Waals surface area contributed by atoms with E-state index in [1.54, 1.807) is 19.9 Å². The molecule has 0 aromatic heterocycles. The zero-order valence-electron chi connectivity index (χ0n) is 7.53. The average Bonchev–Trinajstić information content (AvgIpc) is 2.63. The molecule has 4 heteroatoms. The van der Waals surface area contributed by atoms with Gasteiger partial charge in [0.2, 0.25) is 7.37 Å². The maximum atomic E-state index is 11.7. The van der Waals surface area contributed by atoms with Crippen LogP contribution in [0.5, 0.6) is 0 Å². The van der Waals surface area contributed by atoms with E-state index < -0.39 is 12.6 Å². The van der Waals surface area contributed by atoms with Crippen molar-refractivity contribution in [2.45, 2.75) is 31.2 Å². The smallest absolute Gasteiger partial charge is 0.222 e. The minimum atomic E-state index is -3.20. The van der Waals surface area contributed by atoms with Gasteiger partial charge in [0.15, 0.2) is 0 Å². The highest BCUT2D eigenvalue weighted by molar-refractivity contribution is 7.60. The third-order valence-corrected chi connectivity index (χ3v) is 5.72. The van der Waals surface area contributed by atoms with Gasteiger partial charge in [0.25, 0.3) is 0 Å². The fourth-order valence-electron chi connectivity index (χ4n) is 1.43. The molecule has 0 radical (unpaired) electrons. The summed E-state index contributed by atoms with van der Waals surface area (Å²) >= 11 is 0. The van der Waals surface area contributed by atoms with Crippen molar-refractivity contribution in [1.29, 1.82) is 0 Å². The standard InChI is InChI=1S/C8H16NO2P/c1-4-7-5-8(7,9)12(10,11)6(2)3/h4,6-7H,1,5,9H2,2-3H3,(H,10,11)/t7?,8-/m0/s1. The molecule has 0 saturated heterocycles. The Kier molecular flexibility index (Phi) is 2.24. The van der Waals surface area contributed by atoms with E-state index in [9.17, 15) is 9.46 Å². The summed E-state index contributed by atoms with van der Waals surface area (Å²) in [4.78, 5) is 9.68. The molecule has 1 aliphatic rings. The fourth-order valence-corrected chi connectivity index (χ4v) is 3.43. The molecular formula is C8H16NO2P. The van der Waals surface area contributed by atoms with Crippen molar-refractivity contribution in [2.75, 3.05) is 0 Å². The molecule has 0 bridgehead atoms. The number of hydrogen-bond donors (Lipinski definition) is 2. The van der Waals surface area contributed by atoms with Crippen molar-refractivity contribution < 1.29 is 9.46 Å². The lowest BCUT2D eigenvalue weighted by Crippen LogP contribution is -2.28. The summed E-state index contributed by atoms with van der Waals surface area (Å²) in [6, 6.07) is 0. The SMILES string of the molecule is C=CC1C[C@]1(N)P(=O)(O)C(C)C. The predicted molar refractivity (Wildman–Crippen MR) is 50.2 cm³/mol. The normalized spacial score (nSPS) is 39.2. The average molecular weight is 189 g/mol. The summed E-state index contributed by atoms with van der Waals surface area (Å²) in [5, 5.41) is -0.872. The minimum Gasteiger partial charge on any atom is -0.343 e. The van der Waals surface area contributed by atoms with Crippen molar-refractivity contribution in [3.05, 3.63) is 12.7 Å². The highest BCUT2D eigenvalue weighted by atomic mass is 31.2. The molecule has 0 amide bonds. The lowest BCUT2D eigenvalue weighted by molar-refractivity contribution is 0.447. The Morgan fingerprint density at radius 2 is 2.33 bits per heavy atom. The maximum absolute atomic E-state index is 11.7. The molecule has 0 aliphatic heterocycles. The van der Waals surface area contributed by atoms with E-state index >= 15 is 0 Å². The van der Waals surface area contributed by atoms with Crippen LogP contribution < -0.4 is 5.73 Å². The van der Waals surface area contributed by atoms with E-state index in [0.29, 0.717) is 6.42 Å². The van der Waals surface area contributed by atoms with E-state index in [1.807, 2.05) is 0 Å². The second kappa shape index (κ2) is 2.69. The molecule has 0 aromatic rings. The molecule has 12 heavy (non-hydrogen) atoms. The van der Waals surface area contributed by atoms with Crippen molar-refractivity contribution in [1.82, 2.24) is 0 Å². The van der Waals surface area contributed by atoms with Gasteiger partial charge in [-0.3, -0.25) is 4.57 Å². The molecule has 3 atom stereocenters. The fraction of sp³-hybridized carbons (Fsp3) is 0.750. The monoisotopic (exact) mass is 189 g/mol. The van der Waals surface area contributed by atoms with Crippen LogP contribution in [-0.2, 0) is 4.57 Å². The van der Waals surface area contributed by atoms with Crippen molar-refractivity contribution in [3.8, 4) is 0 Å². The van der Waals surface area contributed by atoms with Gasteiger partial charge in [-0.2, -0.15) is 0 Å². The van der Waals surface area contributed by atoms with Crippen LogP contribution in [-0.4, -0.2) is 15.8 Å². The van der Waals surface area contributed by atoms with Crippen molar-refractivity contribution in [3.63, 3.8) is 0 Å². The second-order valence-electron chi connectivity index (χ2n) is 3.75. The molecule has 1 rings (SSSR count). The van der Waals surface area contributed by atoms with Gasteiger partial charge < -0.3 is 10.6 Å². The highest BCUT2D eigenvalue weighted by Gasteiger charge is 2.62. The summed E-state index contributed by atoms with van der Waals surface area (Å²) in [5.74, 6) is 0.0238. The first kappa shape index (κ1) is 9.97. The van der Waals surface area contributed by atoms with Gasteiger partial charge in [0.05, 0.1) is 0 Å². The van der Waals surface area contributed by atoms with Gasteiger partial charge in [-0.15, -0.1) is 6.58 Å². The van der Waals surface area contributed by atoms with Gasteiger partial charge in [-0.1, -0.05) is 19.9 Å². The molecule has 3 N–H and O–H groups in total. The van der Waals surface area contributed by atoms with Crippen LogP contribution in [0.15, 0.2) is 12.7 Å². The number of hydrogen-bond acceptors (Lipinski definition) is 2. The molecule has 70 valence electrons. The van der Waals surface area contributed by atoms with Gasteiger partial charge in [0, 0.05) is 11.6 Å². The quantitative estimate of drug-likeness (QED) is 0.522. The first-order valence-electron chi connectivity index (χ1n) is 4.10. The van der Waals surface area contributed by atoms with E-state index in [4.69, 9.17) is 5.73 Å². The molecule has 1 aliphatic carbocycles. The summed E-state index contributed by atoms with van der Waals surface area (Å²) < 4.78 is 11.7. The largest absolute Gasteiger partial charge is 0.343 e. The van der Waals surface area contributed by atoms with Crippen LogP contribution in [0.2, 0.25) is 0 Å². The topological polar surface area (TPSA) is 63.3 Å². The summed E-state index contributed by atoms with van der Waals surface area (Å²) in [7, 11) is -3.20. The minimum absolute atomic E-state index is 0.0238. The Morgan fingerprint density at radius 3 is 2.58 bits per heavy atom. The number of nitrogens with two attached hydrogens (primary N) is 1. The van der Waals surface area contributed by atoms with Gasteiger partial charge in [0.1, 0.15) is 5.28 Å². The van der Waals surface area contributed by atoms with E-state index in [2.05, 4.69) is 6.58 Å². The van der Waals surface area contributed by atoms with Crippen LogP contribution in [0.25, 0.3) is 0 Å². The summed E-state index contributed by atoms with van der Waals surface area (Å²) in [5.41, 5.74) is 5.54. The molecule has 3 nitrogen and oxygen atoms in total. The van der Waals surface area contributed by atoms with Crippen LogP contribution in [0.4, 0.5) is 0 Å². The molecule has 0 spiro atoms. The van der Waals surface area contributed by atoms with Crippen LogP contribution in [0.3, 0.4) is 0 Å². The molecule has 1 fully saturated rings. The molecule has 1 saturated carbocycles. The molecular weight excluding hydrogens is 173 g/mol. The molecule has 0 heterocycles. The zero-order chi connectivity index (χ0) is 9.57. The van der Waals surface area contributed by atoms with E-state index in [1.165, 1.54) is 0 Å². The predicted octanol–water partition coefficient (Wildman–Crippen LogP) is 1.53. The third kappa shape index (κ3) is 1.17. The second-order valence-corrected chi connectivity index (χ2v) is 6.87. The Bertz CT molecular complexity index is 251. The summed E-state index contributed by atoms with van der Waals surface area (Å²) in [6.07, 6.45) is 2.27. The first-order chi connectivity index (χ1) is 5.36. The first-order valence-corrected chi connectivity index (χ1v) is 5.83. The Labute approximate surface area is 73.1 Å². The highest BCUT2D eigenvalue weighted by Crippen LogP contribution is 2.69. The van der Waals surface area contributed by atoms with Gasteiger partial charge >= 0.3 is 0 Å². The van der Waals surface area contributed by atoms with Gasteiger partial charge in [-0.25, -0.2) is 0 Å². The maximum Gasteiger partial charge on any atom is 0.222 e. The van der Waals surface area contributed by atoms with E-state index in [0.717, 1.165) is 0 Å². The molecule has 2 unspecified atom stereocenters. The van der Waals surface area contributed by atoms with Crippen LogP contribution in [0.1, 0.15) is 20.3 Å². The summed E-state index contributed by atoms with van der Waals surface area (Å²) in [6.45, 7) is 7.04. The van der Waals surface area contributed by atoms with Crippen molar-refractivity contribution in [2.24, 2.45) is 11.7 Å². The Balaban J connectivity index is 2.85. The molecule has 0 aromatic carbocycles. The van der Waals surface area contributed by atoms with Crippen molar-refractivity contribution >= 4 is 7.37 Å². The van der Waals surface area contributed by atoms with E-state index in [-0.39, 0.29) is 11.6 Å². The third-order valence-electron chi connectivity index (χ3n) is 2.61.